The molecule has 0 radical (unpaired) electrons. The van der Waals surface area contributed by atoms with Crippen molar-refractivity contribution in [2.75, 3.05) is 16.9 Å². The Morgan fingerprint density at radius 2 is 1.27 bits per heavy atom. The van der Waals surface area contributed by atoms with E-state index in [0.29, 0.717) is 24.2 Å². The molecule has 4 amide bonds. The number of allylic oxidation sites excluding steroid dienone is 2. The number of rotatable bonds is 6. The van der Waals surface area contributed by atoms with E-state index in [1.165, 1.54) is 23.0 Å². The minimum atomic E-state index is -0.693. The van der Waals surface area contributed by atoms with Crippen molar-refractivity contribution in [2.24, 2.45) is 29.6 Å². The van der Waals surface area contributed by atoms with Crippen LogP contribution in [0.4, 0.5) is 11.4 Å². The number of nitrogens with zero attached hydrogens (tertiary/aromatic N) is 2. The van der Waals surface area contributed by atoms with Crippen LogP contribution in [0.1, 0.15) is 49.3 Å². The molecule has 3 fully saturated rings. The van der Waals surface area contributed by atoms with Crippen LogP contribution in [-0.2, 0) is 32.0 Å². The molecule has 8 heteroatoms. The van der Waals surface area contributed by atoms with Gasteiger partial charge in [-0.05, 0) is 84.7 Å². The van der Waals surface area contributed by atoms with Gasteiger partial charge in [-0.1, -0.05) is 55.8 Å². The van der Waals surface area contributed by atoms with Gasteiger partial charge in [0.2, 0.25) is 23.6 Å². The highest BCUT2D eigenvalue weighted by Crippen LogP contribution is 2.58. The maximum Gasteiger partial charge on any atom is 0.238 e. The normalized spacial score (nSPS) is 27.3. The largest absolute Gasteiger partial charge is 0.504 e. The fourth-order valence-electron chi connectivity index (χ4n) is 8.12. The number of benzene rings is 3. The highest BCUT2D eigenvalue weighted by atomic mass is 16.5. The van der Waals surface area contributed by atoms with Gasteiger partial charge in [-0.2, -0.15) is 0 Å². The molecule has 2 heterocycles. The maximum atomic E-state index is 14.3. The molecule has 6 atom stereocenters. The number of aryl methyl sites for hydroxylation is 2. The lowest BCUT2D eigenvalue weighted by molar-refractivity contribution is -0.126. The zero-order valence-corrected chi connectivity index (χ0v) is 25.6. The van der Waals surface area contributed by atoms with Crippen molar-refractivity contribution in [3.63, 3.8) is 0 Å². The molecule has 3 aromatic rings. The van der Waals surface area contributed by atoms with E-state index in [9.17, 15) is 24.3 Å². The SMILES string of the molecule is CCc1ccc(N2C(=O)[C@H]3[C@H](CC=C4[C@H]3C[C@H]3C(=O)N(c5ccc(CC)cc5)C(=O)[C@H]3[C@H]4c3ccc(O)c(OC)c3)C2=O)cc1. The topological polar surface area (TPSA) is 104 Å². The zero-order chi connectivity index (χ0) is 31.6. The highest BCUT2D eigenvalue weighted by molar-refractivity contribution is 6.24. The van der Waals surface area contributed by atoms with Crippen LogP contribution in [0.2, 0.25) is 0 Å². The van der Waals surface area contributed by atoms with E-state index >= 15 is 0 Å². The van der Waals surface area contributed by atoms with Crippen molar-refractivity contribution in [1.29, 1.82) is 0 Å². The summed E-state index contributed by atoms with van der Waals surface area (Å²) in [5.74, 6) is -4.26. The fourth-order valence-corrected chi connectivity index (χ4v) is 8.12. The van der Waals surface area contributed by atoms with Gasteiger partial charge >= 0.3 is 0 Å². The second-order valence-electron chi connectivity index (χ2n) is 12.5. The quantitative estimate of drug-likeness (QED) is 0.292. The summed E-state index contributed by atoms with van der Waals surface area (Å²) in [6, 6.07) is 20.0. The van der Waals surface area contributed by atoms with E-state index in [0.717, 1.165) is 35.1 Å². The summed E-state index contributed by atoms with van der Waals surface area (Å²) in [6.07, 6.45) is 4.39. The Balaban J connectivity index is 1.32. The van der Waals surface area contributed by atoms with Crippen molar-refractivity contribution >= 4 is 35.0 Å². The Hall–Kier alpha value is -4.72. The number of carbonyl (C=O) groups excluding carboxylic acids is 4. The van der Waals surface area contributed by atoms with Crippen molar-refractivity contribution < 1.29 is 29.0 Å². The number of ether oxygens (including phenoxy) is 1. The second-order valence-corrected chi connectivity index (χ2v) is 12.5. The molecule has 2 aliphatic heterocycles. The second kappa shape index (κ2) is 11.0. The number of hydrogen-bond acceptors (Lipinski definition) is 6. The van der Waals surface area contributed by atoms with Crippen LogP contribution in [0.25, 0.3) is 0 Å². The third-order valence-electron chi connectivity index (χ3n) is 10.4. The van der Waals surface area contributed by atoms with E-state index in [4.69, 9.17) is 4.74 Å². The summed E-state index contributed by atoms with van der Waals surface area (Å²) in [5.41, 5.74) is 4.93. The molecule has 45 heavy (non-hydrogen) atoms. The van der Waals surface area contributed by atoms with E-state index < -0.39 is 35.5 Å². The van der Waals surface area contributed by atoms with Crippen LogP contribution in [-0.4, -0.2) is 35.8 Å². The molecule has 2 saturated heterocycles. The summed E-state index contributed by atoms with van der Waals surface area (Å²) >= 11 is 0. The molecule has 8 nitrogen and oxygen atoms in total. The van der Waals surface area contributed by atoms with Crippen molar-refractivity contribution in [3.8, 4) is 11.5 Å². The van der Waals surface area contributed by atoms with Gasteiger partial charge in [0.1, 0.15) is 0 Å². The molecule has 230 valence electrons. The van der Waals surface area contributed by atoms with Gasteiger partial charge < -0.3 is 9.84 Å². The van der Waals surface area contributed by atoms with Crippen LogP contribution in [0.15, 0.2) is 78.4 Å². The predicted molar refractivity (Wildman–Crippen MR) is 169 cm³/mol. The van der Waals surface area contributed by atoms with Gasteiger partial charge in [0, 0.05) is 5.92 Å². The third-order valence-corrected chi connectivity index (χ3v) is 10.4. The number of amides is 4. The van der Waals surface area contributed by atoms with Gasteiger partial charge in [0.05, 0.1) is 42.2 Å². The van der Waals surface area contributed by atoms with Crippen molar-refractivity contribution in [2.45, 2.75) is 45.4 Å². The van der Waals surface area contributed by atoms with Gasteiger partial charge in [-0.25, -0.2) is 0 Å². The molecule has 2 aliphatic carbocycles. The number of phenols is 1. The van der Waals surface area contributed by atoms with Crippen LogP contribution < -0.4 is 14.5 Å². The Kier molecular flexibility index (Phi) is 7.10. The number of imide groups is 2. The summed E-state index contributed by atoms with van der Waals surface area (Å²) in [5, 5.41) is 10.4. The number of methoxy groups -OCH3 is 1. The molecule has 0 aromatic heterocycles. The Labute approximate surface area is 262 Å². The molecule has 3 aromatic carbocycles. The molecular formula is C37H36N2O6. The lowest BCUT2D eigenvalue weighted by Gasteiger charge is -2.44. The predicted octanol–water partition coefficient (Wildman–Crippen LogP) is 5.57. The summed E-state index contributed by atoms with van der Waals surface area (Å²) < 4.78 is 5.43. The number of fused-ring (bicyclic) bond motifs is 4. The Bertz CT molecular complexity index is 1740. The summed E-state index contributed by atoms with van der Waals surface area (Å²) in [4.78, 5) is 59.1. The molecule has 0 unspecified atom stereocenters. The number of aromatic hydroxyl groups is 1. The summed E-state index contributed by atoms with van der Waals surface area (Å²) in [7, 11) is 1.46. The number of carbonyl (C=O) groups is 4. The fraction of sp³-hybridized carbons (Fsp3) is 0.351. The zero-order valence-electron chi connectivity index (χ0n) is 25.6. The lowest BCUT2D eigenvalue weighted by Crippen LogP contribution is -2.43. The van der Waals surface area contributed by atoms with E-state index in [-0.39, 0.29) is 35.1 Å². The lowest BCUT2D eigenvalue weighted by atomic mass is 9.57. The van der Waals surface area contributed by atoms with Gasteiger partial charge in [-0.15, -0.1) is 0 Å². The standard InChI is InChI=1S/C37H36N2O6/c1-4-20-6-11-23(12-7-20)38-34(41)26-16-15-25-27(32(26)36(38)43)19-28-33(31(25)22-10-17-29(40)30(18-22)45-3)37(44)39(35(28)42)24-13-8-21(5-2)9-14-24/h6-15,17-18,26-28,31-33,40H,4-5,16,19H2,1-3H3/t26-,27+,28+,31-,32-,33+/m0/s1. The van der Waals surface area contributed by atoms with Crippen molar-refractivity contribution in [1.82, 2.24) is 0 Å². The maximum absolute atomic E-state index is 14.3. The molecular weight excluding hydrogens is 568 g/mol. The van der Waals surface area contributed by atoms with E-state index in [1.54, 1.807) is 12.1 Å². The van der Waals surface area contributed by atoms with Crippen LogP contribution in [0.3, 0.4) is 0 Å². The third kappa shape index (κ3) is 4.41. The first-order chi connectivity index (χ1) is 21.8. The molecule has 0 bridgehead atoms. The van der Waals surface area contributed by atoms with Gasteiger partial charge in [0.15, 0.2) is 11.5 Å². The van der Waals surface area contributed by atoms with Crippen LogP contribution in [0, 0.1) is 29.6 Å². The smallest absolute Gasteiger partial charge is 0.238 e. The van der Waals surface area contributed by atoms with Crippen LogP contribution >= 0.6 is 0 Å². The molecule has 0 spiro atoms. The van der Waals surface area contributed by atoms with Crippen molar-refractivity contribution in [3.05, 3.63) is 95.1 Å². The summed E-state index contributed by atoms with van der Waals surface area (Å²) in [6.45, 7) is 4.10. The minimum absolute atomic E-state index is 0.0318. The molecule has 7 rings (SSSR count). The van der Waals surface area contributed by atoms with Crippen LogP contribution in [0.5, 0.6) is 11.5 Å². The number of phenolic OH excluding ortho intramolecular Hbond substituents is 1. The van der Waals surface area contributed by atoms with E-state index in [1.807, 2.05) is 61.5 Å². The number of hydrogen-bond donors (Lipinski definition) is 1. The minimum Gasteiger partial charge on any atom is -0.504 e. The van der Waals surface area contributed by atoms with Gasteiger partial charge in [-0.3, -0.25) is 29.0 Å². The average Bonchev–Trinajstić information content (AvgIpc) is 3.47. The first-order valence-corrected chi connectivity index (χ1v) is 15.8. The van der Waals surface area contributed by atoms with E-state index in [2.05, 4.69) is 6.92 Å². The van der Waals surface area contributed by atoms with Gasteiger partial charge in [0.25, 0.3) is 0 Å². The Morgan fingerprint density at radius 3 is 1.82 bits per heavy atom. The number of anilines is 2. The molecule has 1 saturated carbocycles. The highest BCUT2D eigenvalue weighted by Gasteiger charge is 2.62. The monoisotopic (exact) mass is 604 g/mol. The first kappa shape index (κ1) is 29.0. The molecule has 4 aliphatic rings. The molecule has 1 N–H and O–H groups in total. The Morgan fingerprint density at radius 1 is 0.711 bits per heavy atom. The first-order valence-electron chi connectivity index (χ1n) is 15.8. The average molecular weight is 605 g/mol.